The molecule has 4 N–H and O–H groups in total. The van der Waals surface area contributed by atoms with Crippen LogP contribution in [0.25, 0.3) is 5.69 Å². The van der Waals surface area contributed by atoms with E-state index >= 15 is 0 Å². The number of carbonyl (C=O) groups is 3. The number of aromatic nitrogens is 2. The summed E-state index contributed by atoms with van der Waals surface area (Å²) >= 11 is 5.93. The van der Waals surface area contributed by atoms with Crippen LogP contribution < -0.4 is 16.4 Å². The second-order valence-electron chi connectivity index (χ2n) is 8.44. The molecule has 3 amide bonds. The van der Waals surface area contributed by atoms with Gasteiger partial charge < -0.3 is 16.4 Å². The molecule has 1 saturated heterocycles. The molecular formula is C24H22ClF3N6O3. The van der Waals surface area contributed by atoms with Gasteiger partial charge in [-0.15, -0.1) is 0 Å². The number of hydrogen-bond donors (Lipinski definition) is 3. The Morgan fingerprint density at radius 1 is 1.11 bits per heavy atom. The summed E-state index contributed by atoms with van der Waals surface area (Å²) < 4.78 is 41.3. The molecule has 0 atom stereocenters. The van der Waals surface area contributed by atoms with E-state index in [-0.39, 0.29) is 54.6 Å². The lowest BCUT2D eigenvalue weighted by Crippen LogP contribution is -2.36. The number of benzene rings is 2. The molecule has 0 spiro atoms. The predicted octanol–water partition coefficient (Wildman–Crippen LogP) is 3.09. The molecule has 0 unspecified atom stereocenters. The molecule has 37 heavy (non-hydrogen) atoms. The van der Waals surface area contributed by atoms with Crippen LogP contribution in [-0.2, 0) is 0 Å². The van der Waals surface area contributed by atoms with E-state index < -0.39 is 29.5 Å². The van der Waals surface area contributed by atoms with Crippen LogP contribution in [0.1, 0.15) is 37.8 Å². The van der Waals surface area contributed by atoms with Crippen LogP contribution in [0, 0.1) is 5.82 Å². The normalized spacial score (nSPS) is 14.9. The van der Waals surface area contributed by atoms with Crippen molar-refractivity contribution in [3.8, 4) is 5.69 Å². The Balaban J connectivity index is 1.47. The Morgan fingerprint density at radius 3 is 2.46 bits per heavy atom. The highest BCUT2D eigenvalue weighted by molar-refractivity contribution is 6.34. The molecular weight excluding hydrogens is 513 g/mol. The number of nitrogens with two attached hydrogens (primary N) is 1. The molecule has 1 fully saturated rings. The number of alkyl halides is 2. The molecule has 1 aromatic heterocycles. The van der Waals surface area contributed by atoms with E-state index in [1.54, 1.807) is 29.2 Å². The fourth-order valence-corrected chi connectivity index (χ4v) is 4.18. The Hall–Kier alpha value is -3.90. The van der Waals surface area contributed by atoms with Gasteiger partial charge in [-0.05, 0) is 42.5 Å². The Morgan fingerprint density at radius 2 is 1.84 bits per heavy atom. The second-order valence-corrected chi connectivity index (χ2v) is 8.85. The summed E-state index contributed by atoms with van der Waals surface area (Å²) in [6, 6.07) is 9.63. The van der Waals surface area contributed by atoms with Gasteiger partial charge in [0.2, 0.25) is 0 Å². The summed E-state index contributed by atoms with van der Waals surface area (Å²) in [6.45, 7) is 0.149. The molecule has 3 aromatic rings. The number of primary amides is 1. The van der Waals surface area contributed by atoms with Crippen LogP contribution in [0.15, 0.2) is 48.8 Å². The van der Waals surface area contributed by atoms with Crippen LogP contribution in [0.4, 0.5) is 18.9 Å². The zero-order valence-electron chi connectivity index (χ0n) is 19.3. The third-order valence-electron chi connectivity index (χ3n) is 5.76. The van der Waals surface area contributed by atoms with E-state index in [9.17, 15) is 27.6 Å². The van der Waals surface area contributed by atoms with Gasteiger partial charge >= 0.3 is 0 Å². The standard InChI is InChI=1S/C24H22ClF3N6O3/c25-18-11-14(26)1-6-17(18)22(36)32-15-2-4-16(5-3-15)34-13-31-19(21(29)35)20(34)23(37)30-8-10-33-9-7-24(27,28)12-33/h1-6,11,13H,7-10,12H2,(H2,29,35)(H,30,37)(H,32,36). The van der Waals surface area contributed by atoms with E-state index in [1.807, 2.05) is 0 Å². The largest absolute Gasteiger partial charge is 0.364 e. The maximum Gasteiger partial charge on any atom is 0.270 e. The van der Waals surface area contributed by atoms with Gasteiger partial charge in [0, 0.05) is 37.4 Å². The summed E-state index contributed by atoms with van der Waals surface area (Å²) in [4.78, 5) is 42.7. The average Bonchev–Trinajstić information content (AvgIpc) is 3.43. The van der Waals surface area contributed by atoms with Crippen molar-refractivity contribution in [1.29, 1.82) is 0 Å². The van der Waals surface area contributed by atoms with Gasteiger partial charge in [-0.1, -0.05) is 11.6 Å². The van der Waals surface area contributed by atoms with Crippen molar-refractivity contribution in [2.24, 2.45) is 5.73 Å². The molecule has 0 aliphatic carbocycles. The highest BCUT2D eigenvalue weighted by atomic mass is 35.5. The van der Waals surface area contributed by atoms with Gasteiger partial charge in [0.05, 0.1) is 17.1 Å². The lowest BCUT2D eigenvalue weighted by Gasteiger charge is -2.16. The summed E-state index contributed by atoms with van der Waals surface area (Å²) in [5.74, 6) is -5.42. The topological polar surface area (TPSA) is 122 Å². The van der Waals surface area contributed by atoms with E-state index in [0.717, 1.165) is 12.1 Å². The number of anilines is 1. The SMILES string of the molecule is NC(=O)c1ncn(-c2ccc(NC(=O)c3ccc(F)cc3Cl)cc2)c1C(=O)NCCN1CCC(F)(F)C1. The molecule has 13 heteroatoms. The van der Waals surface area contributed by atoms with Crippen LogP contribution in [0.5, 0.6) is 0 Å². The fourth-order valence-electron chi connectivity index (χ4n) is 3.93. The maximum absolute atomic E-state index is 13.4. The summed E-state index contributed by atoms with van der Waals surface area (Å²) in [7, 11) is 0. The van der Waals surface area contributed by atoms with Crippen LogP contribution >= 0.6 is 11.6 Å². The van der Waals surface area contributed by atoms with Crippen molar-refractivity contribution < 1.29 is 27.6 Å². The molecule has 2 heterocycles. The van der Waals surface area contributed by atoms with E-state index in [4.69, 9.17) is 17.3 Å². The number of nitrogens with one attached hydrogen (secondary N) is 2. The number of rotatable bonds is 8. The third kappa shape index (κ3) is 6.09. The molecule has 4 rings (SSSR count). The third-order valence-corrected chi connectivity index (χ3v) is 6.07. The van der Waals surface area contributed by atoms with Gasteiger partial charge in [-0.3, -0.25) is 23.9 Å². The molecule has 0 radical (unpaired) electrons. The minimum absolute atomic E-state index is 0.0411. The lowest BCUT2D eigenvalue weighted by molar-refractivity contribution is 0.0124. The van der Waals surface area contributed by atoms with Crippen LogP contribution in [-0.4, -0.2) is 64.3 Å². The summed E-state index contributed by atoms with van der Waals surface area (Å²) in [6.07, 6.45) is 1.02. The van der Waals surface area contributed by atoms with Crippen molar-refractivity contribution >= 4 is 35.0 Å². The second kappa shape index (κ2) is 10.6. The van der Waals surface area contributed by atoms with Gasteiger partial charge in [-0.2, -0.15) is 0 Å². The predicted molar refractivity (Wildman–Crippen MR) is 130 cm³/mol. The van der Waals surface area contributed by atoms with Crippen LogP contribution in [0.3, 0.4) is 0 Å². The first-order valence-electron chi connectivity index (χ1n) is 11.2. The van der Waals surface area contributed by atoms with Crippen molar-refractivity contribution in [1.82, 2.24) is 19.8 Å². The van der Waals surface area contributed by atoms with Gasteiger partial charge in [0.1, 0.15) is 17.8 Å². The van der Waals surface area contributed by atoms with E-state index in [1.165, 1.54) is 17.0 Å². The zero-order valence-corrected chi connectivity index (χ0v) is 20.1. The zero-order chi connectivity index (χ0) is 26.7. The number of imidazole rings is 1. The quantitative estimate of drug-likeness (QED) is 0.410. The molecule has 0 bridgehead atoms. The lowest BCUT2D eigenvalue weighted by atomic mass is 10.2. The van der Waals surface area contributed by atoms with Crippen molar-refractivity contribution in [2.75, 3.05) is 31.5 Å². The van der Waals surface area contributed by atoms with Gasteiger partial charge in [-0.25, -0.2) is 18.2 Å². The summed E-state index contributed by atoms with van der Waals surface area (Å²) in [5.41, 5.74) is 5.92. The number of amides is 3. The number of halogens is 4. The monoisotopic (exact) mass is 534 g/mol. The minimum Gasteiger partial charge on any atom is -0.364 e. The van der Waals surface area contributed by atoms with E-state index in [2.05, 4.69) is 15.6 Å². The Bertz CT molecular complexity index is 1350. The molecule has 194 valence electrons. The van der Waals surface area contributed by atoms with Gasteiger partial charge in [0.15, 0.2) is 5.69 Å². The number of carbonyl (C=O) groups excluding carboxylic acids is 3. The summed E-state index contributed by atoms with van der Waals surface area (Å²) in [5, 5.41) is 5.21. The smallest absolute Gasteiger partial charge is 0.270 e. The van der Waals surface area contributed by atoms with Crippen molar-refractivity contribution in [3.63, 3.8) is 0 Å². The maximum atomic E-state index is 13.4. The van der Waals surface area contributed by atoms with E-state index in [0.29, 0.717) is 11.4 Å². The number of hydrogen-bond acceptors (Lipinski definition) is 5. The molecule has 0 saturated carbocycles. The van der Waals surface area contributed by atoms with Crippen LogP contribution in [0.2, 0.25) is 5.02 Å². The molecule has 9 nitrogen and oxygen atoms in total. The highest BCUT2D eigenvalue weighted by Gasteiger charge is 2.37. The minimum atomic E-state index is -2.74. The first-order chi connectivity index (χ1) is 17.5. The number of likely N-dealkylation sites (tertiary alicyclic amines) is 1. The van der Waals surface area contributed by atoms with Gasteiger partial charge in [0.25, 0.3) is 23.6 Å². The number of nitrogens with zero attached hydrogens (tertiary/aromatic N) is 3. The average molecular weight is 535 g/mol. The highest BCUT2D eigenvalue weighted by Crippen LogP contribution is 2.26. The fraction of sp³-hybridized carbons (Fsp3) is 0.250. The Kier molecular flexibility index (Phi) is 7.50. The molecule has 2 aromatic carbocycles. The Labute approximate surface area is 214 Å². The van der Waals surface area contributed by atoms with Crippen molar-refractivity contribution in [2.45, 2.75) is 12.3 Å². The van der Waals surface area contributed by atoms with Crippen molar-refractivity contribution in [3.05, 3.63) is 76.6 Å². The molecule has 1 aliphatic rings. The molecule has 1 aliphatic heterocycles. The first-order valence-corrected chi connectivity index (χ1v) is 11.5. The first kappa shape index (κ1) is 26.2.